The second-order valence-corrected chi connectivity index (χ2v) is 1.45. The van der Waals surface area contributed by atoms with Crippen LogP contribution in [0.3, 0.4) is 0 Å². The fourth-order valence-corrected chi connectivity index (χ4v) is 0. The predicted molar refractivity (Wildman–Crippen MR) is 50.5 cm³/mol. The molecule has 4 N–H and O–H groups in total. The summed E-state index contributed by atoms with van der Waals surface area (Å²) in [5, 5.41) is 0. The Labute approximate surface area is 77.1 Å². The van der Waals surface area contributed by atoms with Crippen molar-refractivity contribution >= 4 is 18.1 Å². The first-order valence-corrected chi connectivity index (χ1v) is 3.19. The van der Waals surface area contributed by atoms with Crippen molar-refractivity contribution in [2.45, 2.75) is 6.92 Å². The zero-order valence-corrected chi connectivity index (χ0v) is 7.53. The Morgan fingerprint density at radius 1 is 1.08 bits per heavy atom. The van der Waals surface area contributed by atoms with Crippen LogP contribution in [-0.4, -0.2) is 18.1 Å². The minimum atomic E-state index is -0.481. The van der Waals surface area contributed by atoms with Crippen molar-refractivity contribution in [1.29, 1.82) is 0 Å². The molecule has 0 spiro atoms. The van der Waals surface area contributed by atoms with Gasteiger partial charge in [-0.1, -0.05) is 13.2 Å². The Hall–Kier alpha value is -1.91. The number of aldehydes is 1. The smallest absolute Gasteiger partial charge is 0.240 e. The standard InChI is InChI=1S/2C3H5NO.C2H4O/c2*1-2-3(4)5;1-2-3/h2*2H,1H2,(H2,4,5);2H,1H3. The van der Waals surface area contributed by atoms with E-state index in [4.69, 9.17) is 4.79 Å². The molecule has 0 atom stereocenters. The van der Waals surface area contributed by atoms with E-state index in [2.05, 4.69) is 24.6 Å². The van der Waals surface area contributed by atoms with Gasteiger partial charge in [-0.15, -0.1) is 0 Å². The minimum absolute atomic E-state index is 0.481. The maximum Gasteiger partial charge on any atom is 0.240 e. The normalized spacial score (nSPS) is 5.92. The summed E-state index contributed by atoms with van der Waals surface area (Å²) in [6, 6.07) is 0. The van der Waals surface area contributed by atoms with Crippen LogP contribution in [0.15, 0.2) is 25.3 Å². The first kappa shape index (κ1) is 17.3. The molecule has 0 aromatic carbocycles. The zero-order valence-electron chi connectivity index (χ0n) is 7.53. The highest BCUT2D eigenvalue weighted by Gasteiger charge is 1.69. The monoisotopic (exact) mass is 186 g/mol. The minimum Gasteiger partial charge on any atom is -0.366 e. The average molecular weight is 186 g/mol. The number of amides is 2. The van der Waals surface area contributed by atoms with E-state index in [1.807, 2.05) is 0 Å². The maximum atomic E-state index is 9.47. The van der Waals surface area contributed by atoms with Gasteiger partial charge in [0.1, 0.15) is 6.29 Å². The summed E-state index contributed by atoms with van der Waals surface area (Å²) in [6.45, 7) is 7.62. The number of carbonyl (C=O) groups excluding carboxylic acids is 3. The van der Waals surface area contributed by atoms with E-state index in [0.717, 1.165) is 18.4 Å². The van der Waals surface area contributed by atoms with Crippen LogP contribution in [-0.2, 0) is 14.4 Å². The van der Waals surface area contributed by atoms with Gasteiger partial charge >= 0.3 is 0 Å². The highest BCUT2D eigenvalue weighted by molar-refractivity contribution is 5.85. The molecule has 0 aliphatic rings. The van der Waals surface area contributed by atoms with Crippen LogP contribution in [0.4, 0.5) is 0 Å². The van der Waals surface area contributed by atoms with Crippen LogP contribution >= 0.6 is 0 Å². The second kappa shape index (κ2) is 16.6. The highest BCUT2D eigenvalue weighted by atomic mass is 16.1. The molecule has 0 fully saturated rings. The molecule has 0 unspecified atom stereocenters. The fraction of sp³-hybridized carbons (Fsp3) is 0.125. The van der Waals surface area contributed by atoms with E-state index in [0.29, 0.717) is 0 Å². The highest BCUT2D eigenvalue weighted by Crippen LogP contribution is 1.49. The largest absolute Gasteiger partial charge is 0.366 e. The number of rotatable bonds is 2. The van der Waals surface area contributed by atoms with Crippen LogP contribution in [0, 0.1) is 0 Å². The molecule has 74 valence electrons. The van der Waals surface area contributed by atoms with Crippen LogP contribution in [0.1, 0.15) is 6.92 Å². The van der Waals surface area contributed by atoms with Gasteiger partial charge in [0.2, 0.25) is 11.8 Å². The zero-order chi connectivity index (χ0) is 11.3. The number of nitrogens with two attached hydrogens (primary N) is 2. The molecule has 0 rings (SSSR count). The molecule has 5 nitrogen and oxygen atoms in total. The first-order valence-electron chi connectivity index (χ1n) is 3.19. The maximum absolute atomic E-state index is 9.47. The summed E-state index contributed by atoms with van der Waals surface area (Å²) in [5.41, 5.74) is 9.07. The van der Waals surface area contributed by atoms with Gasteiger partial charge in [0, 0.05) is 0 Å². The van der Waals surface area contributed by atoms with Crippen LogP contribution < -0.4 is 11.5 Å². The SMILES string of the molecule is C=CC(N)=O.C=CC(N)=O.CC=O. The summed E-state index contributed by atoms with van der Waals surface area (Å²) in [7, 11) is 0. The molecular formula is C8H14N2O3. The number of hydrogen-bond acceptors (Lipinski definition) is 3. The topological polar surface area (TPSA) is 103 Å². The van der Waals surface area contributed by atoms with Gasteiger partial charge in [0.05, 0.1) is 0 Å². The molecule has 0 heterocycles. The van der Waals surface area contributed by atoms with Gasteiger partial charge in [0.15, 0.2) is 0 Å². The van der Waals surface area contributed by atoms with Crippen molar-refractivity contribution in [2.24, 2.45) is 11.5 Å². The summed E-state index contributed by atoms with van der Waals surface area (Å²) in [6.07, 6.45) is 2.86. The molecule has 0 aromatic heterocycles. The van der Waals surface area contributed by atoms with Crippen LogP contribution in [0.2, 0.25) is 0 Å². The van der Waals surface area contributed by atoms with Crippen molar-refractivity contribution < 1.29 is 14.4 Å². The van der Waals surface area contributed by atoms with Crippen molar-refractivity contribution in [3.8, 4) is 0 Å². The molecule has 0 aliphatic carbocycles. The number of hydrogen-bond donors (Lipinski definition) is 2. The lowest BCUT2D eigenvalue weighted by Crippen LogP contribution is -2.04. The van der Waals surface area contributed by atoms with E-state index >= 15 is 0 Å². The first-order chi connectivity index (χ1) is 5.95. The molecule has 0 aromatic rings. The quantitative estimate of drug-likeness (QED) is 0.449. The van der Waals surface area contributed by atoms with E-state index in [1.165, 1.54) is 6.92 Å². The summed E-state index contributed by atoms with van der Waals surface area (Å²) >= 11 is 0. The molecular weight excluding hydrogens is 172 g/mol. The third-order valence-corrected chi connectivity index (χ3v) is 0.402. The number of carbonyl (C=O) groups is 3. The van der Waals surface area contributed by atoms with E-state index in [1.54, 1.807) is 0 Å². The molecule has 5 heteroatoms. The molecule has 13 heavy (non-hydrogen) atoms. The molecule has 2 amide bonds. The van der Waals surface area contributed by atoms with Gasteiger partial charge in [-0.25, -0.2) is 0 Å². The summed E-state index contributed by atoms with van der Waals surface area (Å²) < 4.78 is 0. The lowest BCUT2D eigenvalue weighted by molar-refractivity contribution is -0.114. The molecule has 0 aliphatic heterocycles. The van der Waals surface area contributed by atoms with E-state index in [-0.39, 0.29) is 0 Å². The molecule has 0 bridgehead atoms. The summed E-state index contributed by atoms with van der Waals surface area (Å²) in [4.78, 5) is 27.8. The second-order valence-electron chi connectivity index (χ2n) is 1.45. The van der Waals surface area contributed by atoms with E-state index < -0.39 is 11.8 Å². The molecule has 0 saturated carbocycles. The molecule has 0 saturated heterocycles. The van der Waals surface area contributed by atoms with E-state index in [9.17, 15) is 9.59 Å². The van der Waals surface area contributed by atoms with Gasteiger partial charge in [-0.2, -0.15) is 0 Å². The Morgan fingerprint density at radius 2 is 1.15 bits per heavy atom. The van der Waals surface area contributed by atoms with Gasteiger partial charge < -0.3 is 16.3 Å². The van der Waals surface area contributed by atoms with Crippen molar-refractivity contribution in [1.82, 2.24) is 0 Å². The van der Waals surface area contributed by atoms with Gasteiger partial charge in [0.25, 0.3) is 0 Å². The Balaban J connectivity index is -0.000000120. The number of primary amides is 2. The third-order valence-electron chi connectivity index (χ3n) is 0.402. The van der Waals surface area contributed by atoms with Crippen molar-refractivity contribution in [3.63, 3.8) is 0 Å². The third kappa shape index (κ3) is 151. The lowest BCUT2D eigenvalue weighted by Gasteiger charge is -1.65. The Morgan fingerprint density at radius 3 is 1.15 bits per heavy atom. The van der Waals surface area contributed by atoms with Crippen molar-refractivity contribution in [2.75, 3.05) is 0 Å². The van der Waals surface area contributed by atoms with Crippen LogP contribution in [0.5, 0.6) is 0 Å². The average Bonchev–Trinajstić information content (AvgIpc) is 2.07. The fourth-order valence-electron chi connectivity index (χ4n) is 0. The van der Waals surface area contributed by atoms with Gasteiger partial charge in [-0.3, -0.25) is 9.59 Å². The van der Waals surface area contributed by atoms with Crippen molar-refractivity contribution in [3.05, 3.63) is 25.3 Å². The van der Waals surface area contributed by atoms with Crippen LogP contribution in [0.25, 0.3) is 0 Å². The Kier molecular flexibility index (Phi) is 22.0. The predicted octanol–water partition coefficient (Wildman–Crippen LogP) is -0.479. The molecule has 0 radical (unpaired) electrons. The lowest BCUT2D eigenvalue weighted by atomic mass is 10.6. The Bertz CT molecular complexity index is 170. The summed E-state index contributed by atoms with van der Waals surface area (Å²) in [5.74, 6) is -0.963. The van der Waals surface area contributed by atoms with Gasteiger partial charge in [-0.05, 0) is 19.1 Å².